The molecule has 3 N–H and O–H groups in total. The second kappa shape index (κ2) is 6.54. The molecule has 0 bridgehead atoms. The minimum Gasteiger partial charge on any atom is -0.377 e. The number of pyridine rings is 1. The predicted octanol–water partition coefficient (Wildman–Crippen LogP) is 2.56. The highest BCUT2D eigenvalue weighted by atomic mass is 32.1. The molecule has 28 heavy (non-hydrogen) atoms. The van der Waals surface area contributed by atoms with Gasteiger partial charge in [-0.15, -0.1) is 11.3 Å². The zero-order chi connectivity index (χ0) is 19.3. The summed E-state index contributed by atoms with van der Waals surface area (Å²) in [5.74, 6) is 0.876. The molecule has 1 atom stereocenters. The first-order valence-corrected chi connectivity index (χ1v) is 9.87. The fourth-order valence-corrected chi connectivity index (χ4v) is 4.59. The third-order valence-corrected chi connectivity index (χ3v) is 5.97. The third kappa shape index (κ3) is 2.62. The Morgan fingerprint density at radius 1 is 1.39 bits per heavy atom. The number of nitrogens with one attached hydrogen (secondary N) is 1. The Hall–Kier alpha value is -3.04. The van der Waals surface area contributed by atoms with E-state index in [9.17, 15) is 4.79 Å². The number of ether oxygens (including phenoxy) is 1. The molecule has 1 aliphatic heterocycles. The van der Waals surface area contributed by atoms with Gasteiger partial charge in [-0.3, -0.25) is 4.79 Å². The molecule has 0 spiro atoms. The van der Waals surface area contributed by atoms with E-state index in [2.05, 4.69) is 21.8 Å². The molecule has 9 heteroatoms. The second-order valence-electron chi connectivity index (χ2n) is 6.78. The van der Waals surface area contributed by atoms with Gasteiger partial charge < -0.3 is 20.4 Å². The summed E-state index contributed by atoms with van der Waals surface area (Å²) in [6.07, 6.45) is 3.56. The molecule has 142 valence electrons. The van der Waals surface area contributed by atoms with Crippen molar-refractivity contribution in [2.75, 3.05) is 24.7 Å². The van der Waals surface area contributed by atoms with Crippen molar-refractivity contribution in [3.05, 3.63) is 35.5 Å². The summed E-state index contributed by atoms with van der Waals surface area (Å²) >= 11 is 1.45. The van der Waals surface area contributed by atoms with Crippen LogP contribution in [0.5, 0.6) is 0 Å². The molecule has 1 aliphatic rings. The minimum atomic E-state index is -0.488. The number of carbonyl (C=O) groups is 1. The number of morpholine rings is 1. The highest BCUT2D eigenvalue weighted by Crippen LogP contribution is 2.36. The lowest BCUT2D eigenvalue weighted by molar-refractivity contribution is 0.0986. The zero-order valence-corrected chi connectivity index (χ0v) is 16.0. The quantitative estimate of drug-likeness (QED) is 0.553. The summed E-state index contributed by atoms with van der Waals surface area (Å²) < 4.78 is 6.45. The molecule has 0 radical (unpaired) electrons. The highest BCUT2D eigenvalue weighted by Gasteiger charge is 2.26. The fourth-order valence-electron chi connectivity index (χ4n) is 3.59. The number of anilines is 1. The van der Waals surface area contributed by atoms with Gasteiger partial charge in [0.05, 0.1) is 29.5 Å². The van der Waals surface area contributed by atoms with Crippen LogP contribution in [0.15, 0.2) is 29.9 Å². The van der Waals surface area contributed by atoms with Crippen molar-refractivity contribution in [1.29, 1.82) is 0 Å². The van der Waals surface area contributed by atoms with Crippen molar-refractivity contribution in [3.63, 3.8) is 0 Å². The van der Waals surface area contributed by atoms with Gasteiger partial charge >= 0.3 is 0 Å². The average molecular weight is 394 g/mol. The van der Waals surface area contributed by atoms with Crippen LogP contribution in [0, 0.1) is 0 Å². The number of primary amides is 1. The number of hydrogen-bond donors (Lipinski definition) is 2. The Morgan fingerprint density at radius 2 is 2.29 bits per heavy atom. The van der Waals surface area contributed by atoms with Crippen LogP contribution in [-0.2, 0) is 4.74 Å². The van der Waals surface area contributed by atoms with Gasteiger partial charge in [0.15, 0.2) is 11.6 Å². The van der Waals surface area contributed by atoms with Crippen LogP contribution >= 0.6 is 11.3 Å². The van der Waals surface area contributed by atoms with E-state index < -0.39 is 5.91 Å². The first kappa shape index (κ1) is 17.1. The number of aromatic amines is 1. The molecule has 0 unspecified atom stereocenters. The number of rotatable bonds is 3. The van der Waals surface area contributed by atoms with Crippen LogP contribution in [0.4, 0.5) is 5.82 Å². The van der Waals surface area contributed by atoms with E-state index >= 15 is 0 Å². The first-order chi connectivity index (χ1) is 13.6. The van der Waals surface area contributed by atoms with E-state index in [0.29, 0.717) is 30.1 Å². The number of H-pyrrole nitrogens is 1. The Kier molecular flexibility index (Phi) is 3.99. The van der Waals surface area contributed by atoms with Gasteiger partial charge in [-0.2, -0.15) is 0 Å². The van der Waals surface area contributed by atoms with Gasteiger partial charge in [-0.05, 0) is 19.1 Å². The van der Waals surface area contributed by atoms with Gasteiger partial charge in [-0.1, -0.05) is 0 Å². The maximum Gasteiger partial charge on any atom is 0.251 e. The summed E-state index contributed by atoms with van der Waals surface area (Å²) in [7, 11) is 0. The van der Waals surface area contributed by atoms with Crippen molar-refractivity contribution in [1.82, 2.24) is 19.9 Å². The number of fused-ring (bicyclic) bond motifs is 2. The highest BCUT2D eigenvalue weighted by molar-refractivity contribution is 7.18. The van der Waals surface area contributed by atoms with Crippen molar-refractivity contribution in [3.8, 4) is 11.4 Å². The Morgan fingerprint density at radius 3 is 3.11 bits per heavy atom. The van der Waals surface area contributed by atoms with E-state index in [4.69, 9.17) is 20.4 Å². The number of amides is 1. The average Bonchev–Trinajstić information content (AvgIpc) is 3.34. The van der Waals surface area contributed by atoms with Crippen molar-refractivity contribution in [2.45, 2.75) is 13.0 Å². The second-order valence-corrected chi connectivity index (χ2v) is 7.66. The number of carbonyl (C=O) groups excluding carboxylic acids is 1. The van der Waals surface area contributed by atoms with E-state index in [0.717, 1.165) is 33.7 Å². The SMILES string of the molecule is C[C@@H]1COCCN1c1nc(-c2ccnc3[nH]ccc23)nc2c(C(N)=O)csc12. The molecular weight excluding hydrogens is 376 g/mol. The molecule has 1 saturated heterocycles. The summed E-state index contributed by atoms with van der Waals surface area (Å²) in [5, 5.41) is 2.69. The molecule has 5 rings (SSSR count). The van der Waals surface area contributed by atoms with Crippen LogP contribution in [0.25, 0.3) is 32.6 Å². The number of aromatic nitrogens is 4. The summed E-state index contributed by atoms with van der Waals surface area (Å²) in [6, 6.07) is 4.01. The maximum atomic E-state index is 12.0. The first-order valence-electron chi connectivity index (χ1n) is 8.99. The molecule has 4 aromatic rings. The maximum absolute atomic E-state index is 12.0. The largest absolute Gasteiger partial charge is 0.377 e. The number of hydrogen-bond acceptors (Lipinski definition) is 7. The zero-order valence-electron chi connectivity index (χ0n) is 15.2. The van der Waals surface area contributed by atoms with E-state index in [1.807, 2.05) is 18.3 Å². The normalized spacial score (nSPS) is 17.5. The van der Waals surface area contributed by atoms with Gasteiger partial charge in [0.25, 0.3) is 5.91 Å². The van der Waals surface area contributed by atoms with Crippen LogP contribution in [0.1, 0.15) is 17.3 Å². The molecule has 4 aromatic heterocycles. The predicted molar refractivity (Wildman–Crippen MR) is 109 cm³/mol. The van der Waals surface area contributed by atoms with Gasteiger partial charge in [-0.25, -0.2) is 15.0 Å². The Bertz CT molecular complexity index is 1200. The van der Waals surface area contributed by atoms with Gasteiger partial charge in [0, 0.05) is 35.3 Å². The Balaban J connectivity index is 1.79. The van der Waals surface area contributed by atoms with Crippen LogP contribution in [0.3, 0.4) is 0 Å². The van der Waals surface area contributed by atoms with Crippen molar-refractivity contribution in [2.24, 2.45) is 5.73 Å². The van der Waals surface area contributed by atoms with Crippen LogP contribution in [-0.4, -0.2) is 51.6 Å². The van der Waals surface area contributed by atoms with Gasteiger partial charge in [0.1, 0.15) is 11.2 Å². The van der Waals surface area contributed by atoms with Crippen molar-refractivity contribution < 1.29 is 9.53 Å². The van der Waals surface area contributed by atoms with Gasteiger partial charge in [0.2, 0.25) is 0 Å². The molecule has 1 fully saturated rings. The summed E-state index contributed by atoms with van der Waals surface area (Å²) in [5.41, 5.74) is 8.24. The molecule has 0 saturated carbocycles. The van der Waals surface area contributed by atoms with E-state index in [1.54, 1.807) is 11.6 Å². The number of nitrogens with zero attached hydrogens (tertiary/aromatic N) is 4. The standard InChI is InChI=1S/C19H18N6O2S/c1-10-8-27-7-6-25(10)19-15-14(13(9-28-15)16(20)26)23-18(24-19)12-3-5-22-17-11(12)2-4-21-17/h2-5,9-10H,6-8H2,1H3,(H2,20,26)(H,21,22)/t10-/m1/s1. The molecule has 1 amide bonds. The lowest BCUT2D eigenvalue weighted by Gasteiger charge is -2.34. The van der Waals surface area contributed by atoms with E-state index in [-0.39, 0.29) is 6.04 Å². The number of thiophene rings is 1. The summed E-state index contributed by atoms with van der Waals surface area (Å²) in [4.78, 5) is 31.3. The van der Waals surface area contributed by atoms with Crippen molar-refractivity contribution >= 4 is 44.3 Å². The molecular formula is C19H18N6O2S. The number of nitrogens with two attached hydrogens (primary N) is 1. The molecule has 5 heterocycles. The third-order valence-electron chi connectivity index (χ3n) is 5.00. The van der Waals surface area contributed by atoms with Crippen LogP contribution in [0.2, 0.25) is 0 Å². The minimum absolute atomic E-state index is 0.170. The Labute approximate surface area is 164 Å². The molecule has 0 aliphatic carbocycles. The topological polar surface area (TPSA) is 110 Å². The fraction of sp³-hybridized carbons (Fsp3) is 0.263. The monoisotopic (exact) mass is 394 g/mol. The summed E-state index contributed by atoms with van der Waals surface area (Å²) in [6.45, 7) is 4.10. The lowest BCUT2D eigenvalue weighted by Crippen LogP contribution is -2.44. The lowest BCUT2D eigenvalue weighted by atomic mass is 10.1. The van der Waals surface area contributed by atoms with E-state index in [1.165, 1.54) is 11.3 Å². The molecule has 8 nitrogen and oxygen atoms in total. The smallest absolute Gasteiger partial charge is 0.251 e. The molecule has 0 aromatic carbocycles. The van der Waals surface area contributed by atoms with Crippen LogP contribution < -0.4 is 10.6 Å².